The van der Waals surface area contributed by atoms with E-state index >= 15 is 0 Å². The quantitative estimate of drug-likeness (QED) is 0.762. The summed E-state index contributed by atoms with van der Waals surface area (Å²) in [6.45, 7) is 0.450. The zero-order valence-electron chi connectivity index (χ0n) is 12.2. The Morgan fingerprint density at radius 2 is 1.87 bits per heavy atom. The number of hydrogen-bond acceptors (Lipinski definition) is 3. The number of amides is 1. The molecular formula is C18H14BrN3O. The molecule has 3 rings (SSSR count). The molecule has 5 heteroatoms. The number of nitrogens with one attached hydrogen (secondary N) is 1. The number of aromatic nitrogens is 2. The Hall–Kier alpha value is -2.53. The van der Waals surface area contributed by atoms with Crippen LogP contribution in [0.15, 0.2) is 71.6 Å². The van der Waals surface area contributed by atoms with Crippen LogP contribution >= 0.6 is 15.9 Å². The summed E-state index contributed by atoms with van der Waals surface area (Å²) in [5.74, 6) is -0.103. The molecule has 1 amide bonds. The maximum atomic E-state index is 12.2. The molecule has 3 aromatic rings. The number of pyridine rings is 2. The highest BCUT2D eigenvalue weighted by Crippen LogP contribution is 2.17. The number of rotatable bonds is 4. The van der Waals surface area contributed by atoms with Crippen molar-refractivity contribution in [1.82, 2.24) is 15.3 Å². The van der Waals surface area contributed by atoms with Gasteiger partial charge >= 0.3 is 0 Å². The topological polar surface area (TPSA) is 54.9 Å². The fraction of sp³-hybridized carbons (Fsp3) is 0.0556. The molecular weight excluding hydrogens is 354 g/mol. The minimum absolute atomic E-state index is 0.103. The Morgan fingerprint density at radius 1 is 1.04 bits per heavy atom. The number of halogens is 1. The van der Waals surface area contributed by atoms with Crippen LogP contribution in [0.5, 0.6) is 0 Å². The van der Waals surface area contributed by atoms with E-state index in [2.05, 4.69) is 31.2 Å². The van der Waals surface area contributed by atoms with Crippen LogP contribution in [-0.4, -0.2) is 15.9 Å². The van der Waals surface area contributed by atoms with E-state index < -0.39 is 0 Å². The molecule has 2 heterocycles. The molecule has 0 fully saturated rings. The fourth-order valence-electron chi connectivity index (χ4n) is 2.18. The van der Waals surface area contributed by atoms with Gasteiger partial charge in [0, 0.05) is 40.7 Å². The lowest BCUT2D eigenvalue weighted by atomic mass is 10.1. The van der Waals surface area contributed by atoms with Gasteiger partial charge in [-0.05, 0) is 48.0 Å². The smallest absolute Gasteiger partial charge is 0.251 e. The van der Waals surface area contributed by atoms with Gasteiger partial charge in [0.2, 0.25) is 0 Å². The van der Waals surface area contributed by atoms with Crippen molar-refractivity contribution in [3.63, 3.8) is 0 Å². The van der Waals surface area contributed by atoms with Crippen LogP contribution in [0.25, 0.3) is 11.3 Å². The fourth-order valence-corrected chi connectivity index (χ4v) is 2.58. The highest BCUT2D eigenvalue weighted by molar-refractivity contribution is 9.10. The summed E-state index contributed by atoms with van der Waals surface area (Å²) in [5, 5.41) is 2.92. The Kier molecular flexibility index (Phi) is 4.78. The number of carbonyl (C=O) groups excluding carboxylic acids is 1. The average Bonchev–Trinajstić information content (AvgIpc) is 2.61. The lowest BCUT2D eigenvalue weighted by molar-refractivity contribution is 0.0951. The maximum Gasteiger partial charge on any atom is 0.251 e. The molecule has 1 N–H and O–H groups in total. The number of nitrogens with zero attached hydrogens (tertiary/aromatic N) is 2. The molecule has 0 unspecified atom stereocenters. The summed E-state index contributed by atoms with van der Waals surface area (Å²) in [5.41, 5.74) is 3.49. The molecule has 2 aromatic heterocycles. The van der Waals surface area contributed by atoms with E-state index in [1.165, 1.54) is 0 Å². The van der Waals surface area contributed by atoms with Gasteiger partial charge in [-0.25, -0.2) is 0 Å². The molecule has 0 aliphatic carbocycles. The molecule has 0 aliphatic rings. The Bertz CT molecular complexity index is 821. The van der Waals surface area contributed by atoms with Gasteiger partial charge in [0.05, 0.1) is 5.69 Å². The third kappa shape index (κ3) is 4.02. The van der Waals surface area contributed by atoms with E-state index in [4.69, 9.17) is 0 Å². The van der Waals surface area contributed by atoms with Crippen LogP contribution < -0.4 is 5.32 Å². The molecule has 1 aromatic carbocycles. The third-order valence-electron chi connectivity index (χ3n) is 3.34. The molecule has 23 heavy (non-hydrogen) atoms. The lowest BCUT2D eigenvalue weighted by Gasteiger charge is -2.07. The molecule has 0 saturated heterocycles. The van der Waals surface area contributed by atoms with Crippen molar-refractivity contribution in [3.05, 3.63) is 82.7 Å². The van der Waals surface area contributed by atoms with E-state index in [0.29, 0.717) is 12.1 Å². The molecule has 0 aliphatic heterocycles. The van der Waals surface area contributed by atoms with Gasteiger partial charge in [-0.2, -0.15) is 0 Å². The van der Waals surface area contributed by atoms with Crippen molar-refractivity contribution in [2.24, 2.45) is 0 Å². The van der Waals surface area contributed by atoms with Crippen LogP contribution in [-0.2, 0) is 6.54 Å². The van der Waals surface area contributed by atoms with E-state index in [1.807, 2.05) is 36.4 Å². The van der Waals surface area contributed by atoms with Crippen LogP contribution in [0.1, 0.15) is 15.9 Å². The van der Waals surface area contributed by atoms with Crippen molar-refractivity contribution in [2.45, 2.75) is 6.54 Å². The number of hydrogen-bond donors (Lipinski definition) is 1. The highest BCUT2D eigenvalue weighted by atomic mass is 79.9. The SMILES string of the molecule is O=C(NCc1ccnc(-c2ccncc2)c1)c1cccc(Br)c1. The summed E-state index contributed by atoms with van der Waals surface area (Å²) in [4.78, 5) is 20.5. The third-order valence-corrected chi connectivity index (χ3v) is 3.83. The van der Waals surface area contributed by atoms with E-state index in [0.717, 1.165) is 21.3 Å². The second-order valence-corrected chi connectivity index (χ2v) is 5.89. The second-order valence-electron chi connectivity index (χ2n) is 4.98. The van der Waals surface area contributed by atoms with Gasteiger partial charge in [0.25, 0.3) is 5.91 Å². The van der Waals surface area contributed by atoms with Crippen molar-refractivity contribution in [2.75, 3.05) is 0 Å². The zero-order valence-corrected chi connectivity index (χ0v) is 13.8. The van der Waals surface area contributed by atoms with Crippen LogP contribution in [0.2, 0.25) is 0 Å². The minimum atomic E-state index is -0.103. The summed E-state index contributed by atoms with van der Waals surface area (Å²) < 4.78 is 0.883. The minimum Gasteiger partial charge on any atom is -0.348 e. The van der Waals surface area contributed by atoms with Gasteiger partial charge in [-0.3, -0.25) is 14.8 Å². The first-order valence-corrected chi connectivity index (χ1v) is 7.91. The normalized spacial score (nSPS) is 10.3. The molecule has 0 atom stereocenters. The first kappa shape index (κ1) is 15.4. The largest absolute Gasteiger partial charge is 0.348 e. The molecule has 0 radical (unpaired) electrons. The van der Waals surface area contributed by atoms with Crippen molar-refractivity contribution in [3.8, 4) is 11.3 Å². The standard InChI is InChI=1S/C18H14BrN3O/c19-16-3-1-2-15(11-16)18(23)22-12-13-4-9-21-17(10-13)14-5-7-20-8-6-14/h1-11H,12H2,(H,22,23). The van der Waals surface area contributed by atoms with E-state index in [9.17, 15) is 4.79 Å². The Balaban J connectivity index is 1.70. The van der Waals surface area contributed by atoms with Crippen molar-refractivity contribution < 1.29 is 4.79 Å². The summed E-state index contributed by atoms with van der Waals surface area (Å²) in [7, 11) is 0. The summed E-state index contributed by atoms with van der Waals surface area (Å²) in [6.07, 6.45) is 5.22. The first-order valence-electron chi connectivity index (χ1n) is 7.11. The number of carbonyl (C=O) groups is 1. The predicted octanol–water partition coefficient (Wildman–Crippen LogP) is 3.84. The monoisotopic (exact) mass is 367 g/mol. The Labute approximate surface area is 142 Å². The average molecular weight is 368 g/mol. The molecule has 4 nitrogen and oxygen atoms in total. The molecule has 114 valence electrons. The molecule has 0 saturated carbocycles. The van der Waals surface area contributed by atoms with Crippen LogP contribution in [0.3, 0.4) is 0 Å². The molecule has 0 spiro atoms. The molecule has 0 bridgehead atoms. The van der Waals surface area contributed by atoms with E-state index in [-0.39, 0.29) is 5.91 Å². The number of benzene rings is 1. The van der Waals surface area contributed by atoms with Crippen LogP contribution in [0, 0.1) is 0 Å². The van der Waals surface area contributed by atoms with Gasteiger partial charge in [-0.1, -0.05) is 22.0 Å². The van der Waals surface area contributed by atoms with Gasteiger partial charge < -0.3 is 5.32 Å². The maximum absolute atomic E-state index is 12.2. The predicted molar refractivity (Wildman–Crippen MR) is 92.8 cm³/mol. The van der Waals surface area contributed by atoms with Crippen molar-refractivity contribution in [1.29, 1.82) is 0 Å². The summed E-state index contributed by atoms with van der Waals surface area (Å²) in [6, 6.07) is 15.0. The second kappa shape index (κ2) is 7.15. The summed E-state index contributed by atoms with van der Waals surface area (Å²) >= 11 is 3.37. The Morgan fingerprint density at radius 3 is 2.65 bits per heavy atom. The van der Waals surface area contributed by atoms with Gasteiger partial charge in [0.1, 0.15) is 0 Å². The van der Waals surface area contributed by atoms with Gasteiger partial charge in [0.15, 0.2) is 0 Å². The zero-order chi connectivity index (χ0) is 16.1. The van der Waals surface area contributed by atoms with Crippen molar-refractivity contribution >= 4 is 21.8 Å². The first-order chi connectivity index (χ1) is 11.2. The van der Waals surface area contributed by atoms with Gasteiger partial charge in [-0.15, -0.1) is 0 Å². The highest BCUT2D eigenvalue weighted by Gasteiger charge is 2.06. The van der Waals surface area contributed by atoms with Crippen LogP contribution in [0.4, 0.5) is 0 Å². The lowest BCUT2D eigenvalue weighted by Crippen LogP contribution is -2.22. The van der Waals surface area contributed by atoms with E-state index in [1.54, 1.807) is 30.7 Å².